The normalized spacial score (nSPS) is 16.4. The van der Waals surface area contributed by atoms with Crippen LogP contribution in [0.25, 0.3) is 11.1 Å². The van der Waals surface area contributed by atoms with Crippen molar-refractivity contribution in [2.45, 2.75) is 32.2 Å². The van der Waals surface area contributed by atoms with Crippen molar-refractivity contribution in [1.82, 2.24) is 15.0 Å². The van der Waals surface area contributed by atoms with Crippen LogP contribution in [0.15, 0.2) is 58.6 Å². The molecule has 0 aliphatic carbocycles. The molecular formula is C23H21N3O2S. The van der Waals surface area contributed by atoms with Crippen molar-refractivity contribution in [3.8, 4) is 0 Å². The van der Waals surface area contributed by atoms with Gasteiger partial charge in [0.05, 0.1) is 22.7 Å². The van der Waals surface area contributed by atoms with Crippen LogP contribution < -0.4 is 0 Å². The molecule has 1 aromatic carbocycles. The average molecular weight is 404 g/mol. The molecule has 0 N–H and O–H groups in total. The fourth-order valence-corrected chi connectivity index (χ4v) is 4.98. The van der Waals surface area contributed by atoms with Crippen LogP contribution in [-0.2, 0) is 6.42 Å². The van der Waals surface area contributed by atoms with E-state index in [-0.39, 0.29) is 17.9 Å². The van der Waals surface area contributed by atoms with Gasteiger partial charge in [-0.05, 0) is 41.0 Å². The highest BCUT2D eigenvalue weighted by Gasteiger charge is 2.33. The van der Waals surface area contributed by atoms with E-state index < -0.39 is 0 Å². The molecule has 5 nitrogen and oxygen atoms in total. The third-order valence-corrected chi connectivity index (χ3v) is 6.49. The molecule has 0 fully saturated rings. The Hall–Kier alpha value is -2.99. The van der Waals surface area contributed by atoms with Crippen LogP contribution in [0.4, 0.5) is 0 Å². The van der Waals surface area contributed by atoms with E-state index in [1.54, 1.807) is 17.5 Å². The first-order valence-corrected chi connectivity index (χ1v) is 10.7. The zero-order valence-electron chi connectivity index (χ0n) is 16.3. The van der Waals surface area contributed by atoms with E-state index in [0.717, 1.165) is 23.1 Å². The van der Waals surface area contributed by atoms with E-state index in [9.17, 15) is 4.79 Å². The van der Waals surface area contributed by atoms with Crippen molar-refractivity contribution in [2.24, 2.45) is 0 Å². The lowest BCUT2D eigenvalue weighted by Crippen LogP contribution is -2.40. The molecule has 146 valence electrons. The molecule has 0 saturated carbocycles. The summed E-state index contributed by atoms with van der Waals surface area (Å²) in [5, 5.41) is 7.07. The third-order valence-electron chi connectivity index (χ3n) is 5.49. The molecule has 0 spiro atoms. The number of hydrogen-bond donors (Lipinski definition) is 0. The summed E-state index contributed by atoms with van der Waals surface area (Å²) in [6.45, 7) is 4.80. The second-order valence-electron chi connectivity index (χ2n) is 7.66. The highest BCUT2D eigenvalue weighted by atomic mass is 32.1. The number of rotatable bonds is 3. The Morgan fingerprint density at radius 3 is 2.86 bits per heavy atom. The van der Waals surface area contributed by atoms with Crippen molar-refractivity contribution in [1.29, 1.82) is 0 Å². The summed E-state index contributed by atoms with van der Waals surface area (Å²) < 4.78 is 5.33. The smallest absolute Gasteiger partial charge is 0.257 e. The molecule has 1 aliphatic rings. The van der Waals surface area contributed by atoms with Gasteiger partial charge in [0.25, 0.3) is 11.6 Å². The standard InChI is InChI=1S/C23H21N3O2S/c1-14(2)20-18-12-16(13-24-22(18)28-25-20)23(27)26-10-8-19-17(9-11-29-19)21(26)15-6-4-3-5-7-15/h3-7,9,11-14,21H,8,10H2,1-2H3/t21-/m1/s1. The molecule has 3 aromatic heterocycles. The maximum atomic E-state index is 13.6. The van der Waals surface area contributed by atoms with Crippen molar-refractivity contribution >= 4 is 28.3 Å². The predicted octanol–water partition coefficient (Wildman–Crippen LogP) is 5.20. The first-order valence-electron chi connectivity index (χ1n) is 9.81. The Morgan fingerprint density at radius 1 is 1.24 bits per heavy atom. The zero-order chi connectivity index (χ0) is 20.0. The van der Waals surface area contributed by atoms with Crippen LogP contribution in [0, 0.1) is 0 Å². The van der Waals surface area contributed by atoms with Crippen LogP contribution in [-0.4, -0.2) is 27.5 Å². The van der Waals surface area contributed by atoms with Gasteiger partial charge in [-0.25, -0.2) is 4.98 Å². The van der Waals surface area contributed by atoms with Gasteiger partial charge in [0.2, 0.25) is 0 Å². The molecule has 29 heavy (non-hydrogen) atoms. The number of thiophene rings is 1. The molecule has 6 heteroatoms. The number of hydrogen-bond acceptors (Lipinski definition) is 5. The van der Waals surface area contributed by atoms with E-state index in [1.165, 1.54) is 10.4 Å². The second kappa shape index (κ2) is 7.12. The highest BCUT2D eigenvalue weighted by Crippen LogP contribution is 2.38. The minimum Gasteiger partial charge on any atom is -0.336 e. The molecule has 5 rings (SSSR count). The molecule has 4 aromatic rings. The number of nitrogens with zero attached hydrogens (tertiary/aromatic N) is 3. The molecule has 0 bridgehead atoms. The number of carbonyl (C=O) groups is 1. The summed E-state index contributed by atoms with van der Waals surface area (Å²) in [7, 11) is 0. The summed E-state index contributed by atoms with van der Waals surface area (Å²) >= 11 is 1.77. The maximum absolute atomic E-state index is 13.6. The van der Waals surface area contributed by atoms with Gasteiger partial charge in [-0.2, -0.15) is 0 Å². The van der Waals surface area contributed by atoms with Gasteiger partial charge in [0.15, 0.2) is 0 Å². The molecule has 0 unspecified atom stereocenters. The van der Waals surface area contributed by atoms with Gasteiger partial charge in [0.1, 0.15) is 0 Å². The van der Waals surface area contributed by atoms with Crippen molar-refractivity contribution in [2.75, 3.05) is 6.54 Å². The van der Waals surface area contributed by atoms with Crippen molar-refractivity contribution < 1.29 is 9.32 Å². The second-order valence-corrected chi connectivity index (χ2v) is 8.66. The first kappa shape index (κ1) is 18.1. The van der Waals surface area contributed by atoms with Crippen molar-refractivity contribution in [3.05, 3.63) is 81.3 Å². The number of carbonyl (C=O) groups excluding carboxylic acids is 1. The lowest BCUT2D eigenvalue weighted by Gasteiger charge is -2.36. The summed E-state index contributed by atoms with van der Waals surface area (Å²) in [6.07, 6.45) is 2.48. The lowest BCUT2D eigenvalue weighted by atomic mass is 9.92. The Labute approximate surface area is 173 Å². The van der Waals surface area contributed by atoms with Crippen molar-refractivity contribution in [3.63, 3.8) is 0 Å². The van der Waals surface area contributed by atoms with Gasteiger partial charge >= 0.3 is 0 Å². The molecule has 1 aliphatic heterocycles. The van der Waals surface area contributed by atoms with Gasteiger partial charge in [-0.1, -0.05) is 49.3 Å². The number of fused-ring (bicyclic) bond motifs is 2. The molecular weight excluding hydrogens is 382 g/mol. The first-order chi connectivity index (χ1) is 14.1. The summed E-state index contributed by atoms with van der Waals surface area (Å²) in [5.41, 5.74) is 4.23. The molecule has 4 heterocycles. The molecule has 0 saturated heterocycles. The maximum Gasteiger partial charge on any atom is 0.257 e. The lowest BCUT2D eigenvalue weighted by molar-refractivity contribution is 0.0696. The van der Waals surface area contributed by atoms with Gasteiger partial charge in [-0.3, -0.25) is 4.79 Å². The van der Waals surface area contributed by atoms with E-state index in [2.05, 4.69) is 47.6 Å². The number of aromatic nitrogens is 2. The van der Waals surface area contributed by atoms with E-state index in [0.29, 0.717) is 17.8 Å². The monoisotopic (exact) mass is 403 g/mol. The number of amides is 1. The Balaban J connectivity index is 1.58. The third kappa shape index (κ3) is 3.04. The minimum absolute atomic E-state index is 0.0130. The van der Waals surface area contributed by atoms with Gasteiger partial charge in [0, 0.05) is 17.6 Å². The van der Waals surface area contributed by atoms with E-state index >= 15 is 0 Å². The molecule has 1 amide bonds. The SMILES string of the molecule is CC(C)c1noc2ncc(C(=O)N3CCc4sccc4[C@H]3c3ccccc3)cc12. The van der Waals surface area contributed by atoms with Crippen LogP contribution >= 0.6 is 11.3 Å². The van der Waals surface area contributed by atoms with Crippen LogP contribution in [0.3, 0.4) is 0 Å². The Bertz CT molecular complexity index is 1180. The Morgan fingerprint density at radius 2 is 2.07 bits per heavy atom. The number of pyridine rings is 1. The van der Waals surface area contributed by atoms with Crippen LogP contribution in [0.2, 0.25) is 0 Å². The summed E-state index contributed by atoms with van der Waals surface area (Å²) in [5.74, 6) is 0.185. The predicted molar refractivity (Wildman–Crippen MR) is 113 cm³/mol. The minimum atomic E-state index is -0.0820. The molecule has 1 atom stereocenters. The number of benzene rings is 1. The van der Waals surface area contributed by atoms with Crippen LogP contribution in [0.5, 0.6) is 0 Å². The van der Waals surface area contributed by atoms with Gasteiger partial charge in [-0.15, -0.1) is 11.3 Å². The average Bonchev–Trinajstić information content (AvgIpc) is 3.39. The largest absolute Gasteiger partial charge is 0.336 e. The van der Waals surface area contributed by atoms with E-state index in [4.69, 9.17) is 4.52 Å². The van der Waals surface area contributed by atoms with Gasteiger partial charge < -0.3 is 9.42 Å². The summed E-state index contributed by atoms with van der Waals surface area (Å²) in [6, 6.07) is 14.2. The highest BCUT2D eigenvalue weighted by molar-refractivity contribution is 7.10. The van der Waals surface area contributed by atoms with Crippen LogP contribution in [0.1, 0.15) is 57.9 Å². The fourth-order valence-electron chi connectivity index (χ4n) is 4.08. The van der Waals surface area contributed by atoms with E-state index in [1.807, 2.05) is 29.2 Å². The fraction of sp³-hybridized carbons (Fsp3) is 0.261. The zero-order valence-corrected chi connectivity index (χ0v) is 17.1. The Kier molecular flexibility index (Phi) is 4.43. The quantitative estimate of drug-likeness (QED) is 0.472. The molecule has 0 radical (unpaired) electrons. The topological polar surface area (TPSA) is 59.2 Å². The summed E-state index contributed by atoms with van der Waals surface area (Å²) in [4.78, 5) is 21.3.